The number of hydrogen-bond acceptors (Lipinski definition) is 3. The summed E-state index contributed by atoms with van der Waals surface area (Å²) < 4.78 is 10.8. The van der Waals surface area contributed by atoms with Crippen molar-refractivity contribution in [3.63, 3.8) is 0 Å². The van der Waals surface area contributed by atoms with Crippen molar-refractivity contribution in [3.05, 3.63) is 22.2 Å². The average Bonchev–Trinajstić information content (AvgIpc) is 2.52. The smallest absolute Gasteiger partial charge is 0.253 e. The van der Waals surface area contributed by atoms with Crippen LogP contribution in [0.2, 0.25) is 0 Å². The molecule has 1 aromatic rings. The van der Waals surface area contributed by atoms with Gasteiger partial charge >= 0.3 is 0 Å². The molecule has 0 atom stereocenters. The SMILES string of the molecule is O=C(Cl)c1ccc2c(c1Br)OCO2. The molecule has 0 spiro atoms. The quantitative estimate of drug-likeness (QED) is 0.731. The van der Waals surface area contributed by atoms with Crippen LogP contribution in [-0.2, 0) is 0 Å². The van der Waals surface area contributed by atoms with Crippen LogP contribution in [0.3, 0.4) is 0 Å². The van der Waals surface area contributed by atoms with Gasteiger partial charge < -0.3 is 9.47 Å². The lowest BCUT2D eigenvalue weighted by molar-refractivity contribution is 0.108. The molecule has 3 nitrogen and oxygen atoms in total. The van der Waals surface area contributed by atoms with Crippen LogP contribution in [0.5, 0.6) is 11.5 Å². The maximum Gasteiger partial charge on any atom is 0.253 e. The summed E-state index contributed by atoms with van der Waals surface area (Å²) in [6, 6.07) is 3.25. The van der Waals surface area contributed by atoms with Crippen molar-refractivity contribution < 1.29 is 14.3 Å². The van der Waals surface area contributed by atoms with Crippen LogP contribution in [-0.4, -0.2) is 12.0 Å². The van der Waals surface area contributed by atoms with Crippen molar-refractivity contribution in [3.8, 4) is 11.5 Å². The highest BCUT2D eigenvalue weighted by Gasteiger charge is 2.21. The summed E-state index contributed by atoms with van der Waals surface area (Å²) in [6.07, 6.45) is 0. The van der Waals surface area contributed by atoms with Gasteiger partial charge in [0.15, 0.2) is 11.5 Å². The lowest BCUT2D eigenvalue weighted by Gasteiger charge is -2.01. The second kappa shape index (κ2) is 3.20. The standard InChI is InChI=1S/C8H4BrClO3/c9-6-4(8(10)11)1-2-5-7(6)13-3-12-5/h1-2H,3H2. The number of benzene rings is 1. The molecule has 0 N–H and O–H groups in total. The number of hydrogen-bond donors (Lipinski definition) is 0. The van der Waals surface area contributed by atoms with E-state index in [2.05, 4.69) is 15.9 Å². The van der Waals surface area contributed by atoms with E-state index >= 15 is 0 Å². The first-order valence-electron chi connectivity index (χ1n) is 3.48. The first-order chi connectivity index (χ1) is 6.20. The van der Waals surface area contributed by atoms with E-state index in [1.165, 1.54) is 0 Å². The Morgan fingerprint density at radius 1 is 1.46 bits per heavy atom. The summed E-state index contributed by atoms with van der Waals surface area (Å²) in [5.41, 5.74) is 0.380. The molecular formula is C8H4BrClO3. The molecule has 1 aromatic carbocycles. The zero-order valence-electron chi connectivity index (χ0n) is 6.34. The van der Waals surface area contributed by atoms with Gasteiger partial charge in [-0.15, -0.1) is 0 Å². The van der Waals surface area contributed by atoms with E-state index in [1.807, 2.05) is 0 Å². The van der Waals surface area contributed by atoms with E-state index in [0.29, 0.717) is 21.5 Å². The molecule has 1 aliphatic heterocycles. The number of carbonyl (C=O) groups is 1. The summed E-state index contributed by atoms with van der Waals surface area (Å²) >= 11 is 8.57. The van der Waals surface area contributed by atoms with E-state index in [-0.39, 0.29) is 6.79 Å². The normalized spacial score (nSPS) is 13.1. The minimum atomic E-state index is -0.523. The van der Waals surface area contributed by atoms with Gasteiger partial charge in [0.05, 0.1) is 10.0 Å². The number of rotatable bonds is 1. The molecule has 0 saturated carbocycles. The Morgan fingerprint density at radius 3 is 2.92 bits per heavy atom. The Morgan fingerprint density at radius 2 is 2.23 bits per heavy atom. The van der Waals surface area contributed by atoms with Crippen molar-refractivity contribution in [2.24, 2.45) is 0 Å². The third-order valence-electron chi connectivity index (χ3n) is 1.69. The van der Waals surface area contributed by atoms with Gasteiger partial charge in [-0.25, -0.2) is 0 Å². The minimum absolute atomic E-state index is 0.174. The summed E-state index contributed by atoms with van der Waals surface area (Å²) in [7, 11) is 0. The monoisotopic (exact) mass is 262 g/mol. The Labute approximate surface area is 87.7 Å². The molecule has 0 saturated heterocycles. The summed E-state index contributed by atoms with van der Waals surface area (Å²) in [6.45, 7) is 0.174. The van der Waals surface area contributed by atoms with Gasteiger partial charge in [0.25, 0.3) is 5.24 Å². The van der Waals surface area contributed by atoms with Crippen molar-refractivity contribution in [1.82, 2.24) is 0 Å². The van der Waals surface area contributed by atoms with Crippen LogP contribution in [0, 0.1) is 0 Å². The number of carbonyl (C=O) groups excluding carboxylic acids is 1. The summed E-state index contributed by atoms with van der Waals surface area (Å²) in [5, 5.41) is -0.523. The lowest BCUT2D eigenvalue weighted by atomic mass is 10.2. The van der Waals surface area contributed by atoms with Crippen molar-refractivity contribution in [2.75, 3.05) is 6.79 Å². The minimum Gasteiger partial charge on any atom is -0.454 e. The fourth-order valence-electron chi connectivity index (χ4n) is 1.09. The molecule has 0 radical (unpaired) electrons. The number of halogens is 2. The number of fused-ring (bicyclic) bond motifs is 1. The first kappa shape index (κ1) is 8.84. The molecule has 5 heteroatoms. The largest absolute Gasteiger partial charge is 0.454 e. The molecule has 0 unspecified atom stereocenters. The molecular weight excluding hydrogens is 259 g/mol. The maximum atomic E-state index is 10.9. The van der Waals surface area contributed by atoms with E-state index in [4.69, 9.17) is 21.1 Å². The van der Waals surface area contributed by atoms with E-state index in [9.17, 15) is 4.79 Å². The maximum absolute atomic E-state index is 10.9. The van der Waals surface area contributed by atoms with Crippen LogP contribution < -0.4 is 9.47 Å². The molecule has 68 valence electrons. The van der Waals surface area contributed by atoms with Gasteiger partial charge in [0.1, 0.15) is 0 Å². The topological polar surface area (TPSA) is 35.5 Å². The van der Waals surface area contributed by atoms with E-state index in [1.54, 1.807) is 12.1 Å². The first-order valence-corrected chi connectivity index (χ1v) is 4.65. The van der Waals surface area contributed by atoms with Crippen LogP contribution in [0.4, 0.5) is 0 Å². The predicted molar refractivity (Wildman–Crippen MR) is 50.4 cm³/mol. The highest BCUT2D eigenvalue weighted by atomic mass is 79.9. The highest BCUT2D eigenvalue weighted by molar-refractivity contribution is 9.10. The second-order valence-electron chi connectivity index (χ2n) is 2.43. The molecule has 2 rings (SSSR count). The molecule has 1 aliphatic rings. The van der Waals surface area contributed by atoms with E-state index < -0.39 is 5.24 Å². The molecule has 0 aromatic heterocycles. The third kappa shape index (κ3) is 1.40. The lowest BCUT2D eigenvalue weighted by Crippen LogP contribution is -1.94. The number of ether oxygens (including phenoxy) is 2. The van der Waals surface area contributed by atoms with E-state index in [0.717, 1.165) is 0 Å². The zero-order chi connectivity index (χ0) is 9.42. The van der Waals surface area contributed by atoms with Gasteiger partial charge in [-0.05, 0) is 39.7 Å². The molecule has 13 heavy (non-hydrogen) atoms. The average molecular weight is 263 g/mol. The summed E-state index contributed by atoms with van der Waals surface area (Å²) in [5.74, 6) is 1.15. The van der Waals surface area contributed by atoms with Crippen molar-refractivity contribution >= 4 is 32.8 Å². The molecule has 0 amide bonds. The molecule has 0 fully saturated rings. The van der Waals surface area contributed by atoms with Gasteiger partial charge in [-0.2, -0.15) is 0 Å². The Hall–Kier alpha value is -0.740. The molecule has 0 aliphatic carbocycles. The molecule has 1 heterocycles. The Kier molecular flexibility index (Phi) is 2.17. The third-order valence-corrected chi connectivity index (χ3v) is 2.68. The zero-order valence-corrected chi connectivity index (χ0v) is 8.68. The second-order valence-corrected chi connectivity index (χ2v) is 3.57. The van der Waals surface area contributed by atoms with Crippen molar-refractivity contribution in [2.45, 2.75) is 0 Å². The highest BCUT2D eigenvalue weighted by Crippen LogP contribution is 2.41. The van der Waals surface area contributed by atoms with Crippen LogP contribution >= 0.6 is 27.5 Å². The van der Waals surface area contributed by atoms with Crippen LogP contribution in [0.15, 0.2) is 16.6 Å². The summed E-state index contributed by atoms with van der Waals surface area (Å²) in [4.78, 5) is 10.9. The van der Waals surface area contributed by atoms with Crippen molar-refractivity contribution in [1.29, 1.82) is 0 Å². The fourth-order valence-corrected chi connectivity index (χ4v) is 1.98. The molecule has 0 bridgehead atoms. The van der Waals surface area contributed by atoms with Gasteiger partial charge in [0, 0.05) is 0 Å². The Bertz CT molecular complexity index is 378. The van der Waals surface area contributed by atoms with Gasteiger partial charge in [0.2, 0.25) is 6.79 Å². The van der Waals surface area contributed by atoms with Crippen LogP contribution in [0.25, 0.3) is 0 Å². The fraction of sp³-hybridized carbons (Fsp3) is 0.125. The predicted octanol–water partition coefficient (Wildman–Crippen LogP) is 2.56. The van der Waals surface area contributed by atoms with Gasteiger partial charge in [-0.1, -0.05) is 0 Å². The van der Waals surface area contributed by atoms with Crippen LogP contribution in [0.1, 0.15) is 10.4 Å². The Balaban J connectivity index is 2.59. The van der Waals surface area contributed by atoms with Gasteiger partial charge in [-0.3, -0.25) is 4.79 Å².